The van der Waals surface area contributed by atoms with Gasteiger partial charge in [-0.2, -0.15) is 0 Å². The molecule has 0 bridgehead atoms. The van der Waals surface area contributed by atoms with Gasteiger partial charge in [0.2, 0.25) is 10.3 Å². The number of hydrogen-bond acceptors (Lipinski definition) is 6. The molecular weight excluding hydrogens is 539 g/mol. The molecule has 3 aromatic carbocycles. The van der Waals surface area contributed by atoms with Crippen LogP contribution in [0.4, 0.5) is 11.5 Å². The van der Waals surface area contributed by atoms with E-state index >= 15 is 0 Å². The third kappa shape index (κ3) is 5.33. The lowest BCUT2D eigenvalue weighted by Crippen LogP contribution is -2.43. The zero-order valence-corrected chi connectivity index (χ0v) is 22.4. The van der Waals surface area contributed by atoms with Crippen molar-refractivity contribution in [3.05, 3.63) is 117 Å². The normalized spacial score (nSPS) is 10.8. The molecule has 0 fully saturated rings. The summed E-state index contributed by atoms with van der Waals surface area (Å²) in [4.78, 5) is 27.2. The highest BCUT2D eigenvalue weighted by Crippen LogP contribution is 2.28. The van der Waals surface area contributed by atoms with E-state index in [1.165, 1.54) is 11.8 Å². The van der Waals surface area contributed by atoms with Crippen LogP contribution in [-0.2, 0) is 0 Å². The molecule has 5 rings (SSSR count). The number of hydrogen-bond donors (Lipinski definition) is 2. The second-order valence-corrected chi connectivity index (χ2v) is 9.75. The van der Waals surface area contributed by atoms with E-state index in [-0.39, 0.29) is 16.4 Å². The lowest BCUT2D eigenvalue weighted by molar-refractivity contribution is -0.107. The standard InChI is InChI=1S/C28H20Cl2N6OS/c1-38-24(31)23-25(33-20-5-3-2-4-6-20)35-26(36(27(23)37)21-13-11-19(29)12-14-21)18-9-7-17(8-10-18)22-15-16-32-28(30)34-22/h2-16,31,33H,1H3/p+1. The smallest absolute Gasteiger partial charge is 0.275 e. The first-order chi connectivity index (χ1) is 18.4. The fourth-order valence-electron chi connectivity index (χ4n) is 3.90. The van der Waals surface area contributed by atoms with E-state index in [0.29, 0.717) is 38.7 Å². The van der Waals surface area contributed by atoms with E-state index in [2.05, 4.69) is 15.3 Å². The average molecular weight is 560 g/mol. The van der Waals surface area contributed by atoms with Crippen LogP contribution in [0.3, 0.4) is 0 Å². The van der Waals surface area contributed by atoms with E-state index in [9.17, 15) is 4.79 Å². The van der Waals surface area contributed by atoms with E-state index < -0.39 is 0 Å². The van der Waals surface area contributed by atoms with Crippen LogP contribution >= 0.6 is 35.0 Å². The molecule has 0 spiro atoms. The Morgan fingerprint density at radius 1 is 0.895 bits per heavy atom. The van der Waals surface area contributed by atoms with E-state index in [1.54, 1.807) is 41.1 Å². The Hall–Kier alpha value is -3.98. The van der Waals surface area contributed by atoms with Crippen LogP contribution in [0.5, 0.6) is 0 Å². The molecule has 7 nitrogen and oxygen atoms in total. The summed E-state index contributed by atoms with van der Waals surface area (Å²) in [7, 11) is 0. The quantitative estimate of drug-likeness (QED) is 0.167. The van der Waals surface area contributed by atoms with Crippen molar-refractivity contribution < 1.29 is 5.41 Å². The predicted molar refractivity (Wildman–Crippen MR) is 156 cm³/mol. The lowest BCUT2D eigenvalue weighted by Gasteiger charge is -2.17. The minimum Gasteiger partial charge on any atom is -0.339 e. The highest BCUT2D eigenvalue weighted by atomic mass is 35.5. The average Bonchev–Trinajstić information content (AvgIpc) is 2.94. The molecule has 0 atom stereocenters. The van der Waals surface area contributed by atoms with Crippen LogP contribution in [0, 0.1) is 0 Å². The Morgan fingerprint density at radius 3 is 2.24 bits per heavy atom. The molecule has 188 valence electrons. The maximum absolute atomic E-state index is 14.1. The van der Waals surface area contributed by atoms with Crippen LogP contribution in [0.1, 0.15) is 5.56 Å². The van der Waals surface area contributed by atoms with Crippen molar-refractivity contribution in [3.8, 4) is 28.3 Å². The minimum atomic E-state index is -0.311. The summed E-state index contributed by atoms with van der Waals surface area (Å²) in [5, 5.41) is 10.7. The Kier molecular flexibility index (Phi) is 7.55. The molecule has 10 heteroatoms. The number of nitrogens with one attached hydrogen (secondary N) is 1. The van der Waals surface area contributed by atoms with Gasteiger partial charge in [0.05, 0.1) is 11.4 Å². The number of rotatable bonds is 6. The highest BCUT2D eigenvalue weighted by molar-refractivity contribution is 8.13. The van der Waals surface area contributed by atoms with Gasteiger partial charge in [0.15, 0.2) is 11.4 Å². The fourth-order valence-corrected chi connectivity index (χ4v) is 4.56. The van der Waals surface area contributed by atoms with Gasteiger partial charge >= 0.3 is 0 Å². The molecule has 0 unspecified atom stereocenters. The van der Waals surface area contributed by atoms with Gasteiger partial charge in [-0.1, -0.05) is 65.8 Å². The van der Waals surface area contributed by atoms with Gasteiger partial charge < -0.3 is 5.32 Å². The summed E-state index contributed by atoms with van der Waals surface area (Å²) in [6.45, 7) is 0. The molecule has 0 radical (unpaired) electrons. The molecule has 38 heavy (non-hydrogen) atoms. The number of para-hydroxylation sites is 1. The van der Waals surface area contributed by atoms with Gasteiger partial charge in [0.25, 0.3) is 5.56 Å². The fraction of sp³-hybridized carbons (Fsp3) is 0.0357. The zero-order chi connectivity index (χ0) is 26.6. The van der Waals surface area contributed by atoms with E-state index in [1.807, 2.05) is 60.9 Å². The third-order valence-electron chi connectivity index (χ3n) is 5.74. The van der Waals surface area contributed by atoms with Crippen LogP contribution in [0.25, 0.3) is 28.3 Å². The number of anilines is 2. The monoisotopic (exact) mass is 559 g/mol. The number of benzene rings is 3. The Bertz CT molecular complexity index is 1670. The van der Waals surface area contributed by atoms with Crippen molar-refractivity contribution in [1.82, 2.24) is 19.5 Å². The van der Waals surface area contributed by atoms with Crippen LogP contribution in [0.2, 0.25) is 10.3 Å². The van der Waals surface area contributed by atoms with E-state index in [4.69, 9.17) is 33.6 Å². The highest BCUT2D eigenvalue weighted by Gasteiger charge is 2.25. The molecule has 3 N–H and O–H groups in total. The van der Waals surface area contributed by atoms with Crippen LogP contribution < -0.4 is 16.3 Å². The molecular formula is C28H21Cl2N6OS+. The summed E-state index contributed by atoms with van der Waals surface area (Å²) in [6.07, 6.45) is 3.42. The summed E-state index contributed by atoms with van der Waals surface area (Å²) in [5.74, 6) is 0.792. The van der Waals surface area contributed by atoms with Crippen molar-refractivity contribution in [3.63, 3.8) is 0 Å². The maximum Gasteiger partial charge on any atom is 0.275 e. The van der Waals surface area contributed by atoms with Crippen molar-refractivity contribution in [2.45, 2.75) is 0 Å². The van der Waals surface area contributed by atoms with Crippen LogP contribution in [-0.4, -0.2) is 30.8 Å². The summed E-state index contributed by atoms with van der Waals surface area (Å²) in [5.41, 5.74) is 3.60. The Balaban J connectivity index is 1.73. The van der Waals surface area contributed by atoms with Gasteiger partial charge in [0, 0.05) is 28.0 Å². The second kappa shape index (κ2) is 11.2. The van der Waals surface area contributed by atoms with Crippen LogP contribution in [0.15, 0.2) is 95.9 Å². The topological polar surface area (TPSA) is 98.3 Å². The molecule has 2 heterocycles. The van der Waals surface area contributed by atoms with Crippen molar-refractivity contribution in [2.75, 3.05) is 11.6 Å². The second-order valence-electron chi connectivity index (χ2n) is 8.12. The lowest BCUT2D eigenvalue weighted by atomic mass is 10.1. The van der Waals surface area contributed by atoms with Gasteiger partial charge in [0.1, 0.15) is 5.82 Å². The summed E-state index contributed by atoms with van der Waals surface area (Å²) in [6, 6.07) is 25.8. The number of aromatic nitrogens is 4. The Labute approximate surface area is 233 Å². The van der Waals surface area contributed by atoms with Crippen molar-refractivity contribution >= 4 is 51.5 Å². The van der Waals surface area contributed by atoms with Crippen molar-refractivity contribution in [2.24, 2.45) is 0 Å². The number of nitrogens with two attached hydrogens (primary N) is 1. The zero-order valence-electron chi connectivity index (χ0n) is 20.1. The summed E-state index contributed by atoms with van der Waals surface area (Å²) >= 11 is 13.4. The Morgan fingerprint density at radius 2 is 1.58 bits per heavy atom. The molecule has 0 aliphatic rings. The molecule has 2 aromatic heterocycles. The maximum atomic E-state index is 14.1. The first kappa shape index (κ1) is 25.7. The van der Waals surface area contributed by atoms with Gasteiger partial charge in [-0.05, 0) is 60.3 Å². The molecule has 0 amide bonds. The first-order valence-electron chi connectivity index (χ1n) is 11.5. The number of thioether (sulfide) groups is 1. The molecule has 0 saturated heterocycles. The molecule has 5 aromatic rings. The largest absolute Gasteiger partial charge is 0.339 e. The van der Waals surface area contributed by atoms with E-state index in [0.717, 1.165) is 11.3 Å². The molecule has 0 aliphatic heterocycles. The molecule has 0 saturated carbocycles. The van der Waals surface area contributed by atoms with Gasteiger partial charge in [-0.3, -0.25) is 9.36 Å². The predicted octanol–water partition coefficient (Wildman–Crippen LogP) is 5.28. The summed E-state index contributed by atoms with van der Waals surface area (Å²) < 4.78 is 1.54. The molecule has 0 aliphatic carbocycles. The van der Waals surface area contributed by atoms with Gasteiger partial charge in [-0.15, -0.1) is 0 Å². The first-order valence-corrected chi connectivity index (χ1v) is 13.4. The van der Waals surface area contributed by atoms with Crippen molar-refractivity contribution in [1.29, 1.82) is 0 Å². The van der Waals surface area contributed by atoms with Gasteiger partial charge in [-0.25, -0.2) is 20.4 Å². The third-order valence-corrected chi connectivity index (χ3v) is 6.81. The minimum absolute atomic E-state index is 0.166. The SMILES string of the molecule is CSC(=[NH2+])c1c(Nc2ccccc2)nc(-c2ccc(-c3ccnc(Cl)n3)cc2)n(-c2ccc(Cl)cc2)c1=O. The number of halogens is 2. The number of nitrogens with zero attached hydrogens (tertiary/aromatic N) is 4.